The molecule has 2 N–H and O–H groups in total. The van der Waals surface area contributed by atoms with Crippen LogP contribution in [0.5, 0.6) is 5.88 Å². The van der Waals surface area contributed by atoms with Crippen molar-refractivity contribution in [3.63, 3.8) is 0 Å². The van der Waals surface area contributed by atoms with Crippen LogP contribution in [0.1, 0.15) is 47.5 Å². The largest absolute Gasteiger partial charge is 0.480 e. The Labute approximate surface area is 202 Å². The Balaban J connectivity index is 0.00000432. The number of rotatable bonds is 6. The molecule has 2 atom stereocenters. The van der Waals surface area contributed by atoms with Crippen LogP contribution in [0.25, 0.3) is 0 Å². The summed E-state index contributed by atoms with van der Waals surface area (Å²) in [4.78, 5) is 16.6. The van der Waals surface area contributed by atoms with E-state index in [-0.39, 0.29) is 29.4 Å². The third-order valence-corrected chi connectivity index (χ3v) is 5.52. The van der Waals surface area contributed by atoms with Gasteiger partial charge in [0.1, 0.15) is 22.9 Å². The molecule has 0 fully saturated rings. The van der Waals surface area contributed by atoms with E-state index in [1.165, 1.54) is 26.2 Å². The molecule has 2 heterocycles. The molecule has 7 nitrogen and oxygen atoms in total. The number of nitrogens with two attached hydrogens (primary N) is 1. The van der Waals surface area contributed by atoms with Gasteiger partial charge in [-0.2, -0.15) is 13.2 Å². The molecule has 3 rings (SSSR count). The number of amidine groups is 1. The molecule has 0 spiro atoms. The summed E-state index contributed by atoms with van der Waals surface area (Å²) < 4.78 is 91.2. The number of hydrogen-bond donors (Lipinski definition) is 1. The maximum Gasteiger partial charge on any atom is 0.424 e. The highest BCUT2D eigenvalue weighted by molar-refractivity contribution is 5.97. The minimum absolute atomic E-state index is 0. The van der Waals surface area contributed by atoms with Crippen molar-refractivity contribution in [2.75, 3.05) is 13.7 Å². The first-order valence-electron chi connectivity index (χ1n) is 9.80. The van der Waals surface area contributed by atoms with E-state index in [0.717, 1.165) is 12.1 Å². The summed E-state index contributed by atoms with van der Waals surface area (Å²) in [6.07, 6.45) is -8.35. The molecular weight excluding hydrogens is 506 g/mol. The molecule has 35 heavy (non-hydrogen) atoms. The van der Waals surface area contributed by atoms with Crippen molar-refractivity contribution in [3.05, 3.63) is 52.5 Å². The minimum atomic E-state index is -4.85. The van der Waals surface area contributed by atoms with Crippen LogP contribution in [0, 0.1) is 5.82 Å². The van der Waals surface area contributed by atoms with Gasteiger partial charge in [0.25, 0.3) is 6.43 Å². The normalized spacial score (nSPS) is 22.4. The Morgan fingerprint density at radius 3 is 2.43 bits per heavy atom. The second kappa shape index (κ2) is 9.97. The van der Waals surface area contributed by atoms with Gasteiger partial charge in [0.15, 0.2) is 5.78 Å². The fourth-order valence-corrected chi connectivity index (χ4v) is 3.36. The minimum Gasteiger partial charge on any atom is -0.480 e. The Morgan fingerprint density at radius 2 is 1.89 bits per heavy atom. The maximum absolute atomic E-state index is 14.7. The van der Waals surface area contributed by atoms with E-state index in [1.807, 2.05) is 0 Å². The molecule has 0 amide bonds. The molecule has 1 aliphatic rings. The lowest BCUT2D eigenvalue weighted by Crippen LogP contribution is -2.60. The molecule has 2 aromatic rings. The van der Waals surface area contributed by atoms with Crippen LogP contribution < -0.4 is 10.5 Å². The molecule has 0 aliphatic carbocycles. The van der Waals surface area contributed by atoms with Gasteiger partial charge in [-0.15, -0.1) is 22.6 Å². The van der Waals surface area contributed by atoms with Crippen molar-refractivity contribution in [2.24, 2.45) is 10.7 Å². The number of halogens is 7. The van der Waals surface area contributed by atoms with Crippen molar-refractivity contribution in [1.29, 1.82) is 0 Å². The number of methoxy groups -OCH3 is 1. The third-order valence-electron chi connectivity index (χ3n) is 5.52. The smallest absolute Gasteiger partial charge is 0.424 e. The number of nitrogens with zero attached hydrogens (tertiary/aromatic N) is 3. The third kappa shape index (κ3) is 5.35. The lowest BCUT2D eigenvalue weighted by molar-refractivity contribution is -0.249. The number of benzene rings is 1. The van der Waals surface area contributed by atoms with Crippen molar-refractivity contribution in [1.82, 2.24) is 10.2 Å². The van der Waals surface area contributed by atoms with Gasteiger partial charge in [0.2, 0.25) is 11.5 Å². The van der Waals surface area contributed by atoms with Crippen molar-refractivity contribution in [3.8, 4) is 5.88 Å². The summed E-state index contributed by atoms with van der Waals surface area (Å²) in [7, 11) is 1.20. The predicted octanol–water partition coefficient (Wildman–Crippen LogP) is 4.33. The zero-order valence-electron chi connectivity index (χ0n) is 18.6. The lowest BCUT2D eigenvalue weighted by atomic mass is 9.88. The summed E-state index contributed by atoms with van der Waals surface area (Å²) in [6.45, 7) is 1.38. The second-order valence-electron chi connectivity index (χ2n) is 8.00. The van der Waals surface area contributed by atoms with E-state index >= 15 is 0 Å². The van der Waals surface area contributed by atoms with Crippen molar-refractivity contribution >= 4 is 24.0 Å². The van der Waals surface area contributed by atoms with Gasteiger partial charge < -0.3 is 15.2 Å². The van der Waals surface area contributed by atoms with Gasteiger partial charge in [-0.3, -0.25) is 9.79 Å². The monoisotopic (exact) mass is 526 g/mol. The number of alkyl halides is 5. The highest BCUT2D eigenvalue weighted by Gasteiger charge is 2.59. The second-order valence-corrected chi connectivity index (χ2v) is 8.00. The molecule has 0 unspecified atom stereocenters. The molecule has 14 heteroatoms. The number of carbonyl (C=O) groups excluding carboxylic acids is 1. The molecule has 192 valence electrons. The molecule has 1 aromatic carbocycles. The highest BCUT2D eigenvalue weighted by atomic mass is 35.5. The Bertz CT molecular complexity index is 1150. The summed E-state index contributed by atoms with van der Waals surface area (Å²) >= 11 is 0. The number of Topliss-reactive ketones (excluding diaryl/α,β-unsaturated/α-hetero) is 1. The van der Waals surface area contributed by atoms with E-state index in [9.17, 15) is 31.1 Å². The van der Waals surface area contributed by atoms with E-state index in [0.29, 0.717) is 6.92 Å². The fourth-order valence-electron chi connectivity index (χ4n) is 3.36. The van der Waals surface area contributed by atoms with E-state index < -0.39 is 65.5 Å². The fraction of sp³-hybridized carbons (Fsp3) is 0.429. The number of hydrogen-bond acceptors (Lipinski definition) is 7. The molecule has 0 saturated heterocycles. The number of carbonyl (C=O) groups is 1. The average molecular weight is 527 g/mol. The summed E-state index contributed by atoms with van der Waals surface area (Å²) in [6, 6.07) is 4.30. The van der Waals surface area contributed by atoms with E-state index in [2.05, 4.69) is 15.2 Å². The number of aromatic nitrogens is 2. The van der Waals surface area contributed by atoms with Crippen LogP contribution in [0.2, 0.25) is 0 Å². The zero-order valence-corrected chi connectivity index (χ0v) is 19.4. The molecule has 1 aliphatic heterocycles. The zero-order chi connectivity index (χ0) is 25.5. The predicted molar refractivity (Wildman–Crippen MR) is 115 cm³/mol. The molecule has 0 bridgehead atoms. The number of aliphatic imine (C=N–C) groups is 1. The van der Waals surface area contributed by atoms with Crippen LogP contribution in [-0.2, 0) is 16.7 Å². The average Bonchev–Trinajstić information content (AvgIpc) is 2.76. The van der Waals surface area contributed by atoms with Crippen molar-refractivity contribution in [2.45, 2.75) is 44.0 Å². The standard InChI is InChI=1S/C21H20F6N4O3.ClH/c1-19(9-34-20(2,18(28)29-19)21(25,26)27)12-6-10(4-5-13(12)22)7-14(32)16-11(17(23)24)8-15(33-3)30-31-16;/h4-6,8,17H,7,9H2,1-3H3,(H2,28,29);1H/t19-,20+;/m0./s1. The highest BCUT2D eigenvalue weighted by Crippen LogP contribution is 2.41. The number of ketones is 1. The van der Waals surface area contributed by atoms with Crippen LogP contribution in [0.3, 0.4) is 0 Å². The van der Waals surface area contributed by atoms with Gasteiger partial charge in [-0.05, 0) is 31.5 Å². The Hall–Kier alpha value is -2.93. The summed E-state index contributed by atoms with van der Waals surface area (Å²) in [5.41, 5.74) is -0.185. The van der Waals surface area contributed by atoms with E-state index in [1.54, 1.807) is 0 Å². The molecular formula is C21H21ClF6N4O3. The van der Waals surface area contributed by atoms with Gasteiger partial charge in [0, 0.05) is 18.1 Å². The SMILES string of the molecule is COc1cc(C(F)F)c(C(=O)Cc2ccc(F)c([C@]3(C)CO[C@@](C)(C(F)(F)F)C(N)=N3)c2)nn1.Cl. The van der Waals surface area contributed by atoms with Crippen molar-refractivity contribution < 1.29 is 40.6 Å². The molecule has 0 radical (unpaired) electrons. The number of ether oxygens (including phenoxy) is 2. The van der Waals surface area contributed by atoms with Crippen LogP contribution in [0.4, 0.5) is 26.3 Å². The van der Waals surface area contributed by atoms with Gasteiger partial charge in [-0.1, -0.05) is 6.07 Å². The van der Waals surface area contributed by atoms with Crippen LogP contribution in [0.15, 0.2) is 29.3 Å². The first-order valence-corrected chi connectivity index (χ1v) is 9.80. The quantitative estimate of drug-likeness (QED) is 0.444. The lowest BCUT2D eigenvalue weighted by Gasteiger charge is -2.41. The maximum atomic E-state index is 14.7. The topological polar surface area (TPSA) is 99.7 Å². The summed E-state index contributed by atoms with van der Waals surface area (Å²) in [5, 5.41) is 7.05. The van der Waals surface area contributed by atoms with E-state index in [4.69, 9.17) is 15.2 Å². The molecule has 0 saturated carbocycles. The Kier molecular flexibility index (Phi) is 8.07. The molecule has 1 aromatic heterocycles. The summed E-state index contributed by atoms with van der Waals surface area (Å²) in [5.74, 6) is -2.75. The Morgan fingerprint density at radius 1 is 1.23 bits per heavy atom. The van der Waals surface area contributed by atoms with Crippen LogP contribution in [-0.4, -0.2) is 47.3 Å². The van der Waals surface area contributed by atoms with Gasteiger partial charge in [0.05, 0.1) is 19.3 Å². The van der Waals surface area contributed by atoms with Crippen LogP contribution >= 0.6 is 12.4 Å². The van der Waals surface area contributed by atoms with Gasteiger partial charge >= 0.3 is 6.18 Å². The van der Waals surface area contributed by atoms with Gasteiger partial charge in [-0.25, -0.2) is 13.2 Å². The first kappa shape index (κ1) is 28.3. The first-order chi connectivity index (χ1) is 15.7.